The van der Waals surface area contributed by atoms with E-state index in [1.807, 2.05) is 32.4 Å². The second-order valence-electron chi connectivity index (χ2n) is 4.09. The van der Waals surface area contributed by atoms with Gasteiger partial charge < -0.3 is 17.6 Å². The van der Waals surface area contributed by atoms with Gasteiger partial charge in [-0.15, -0.1) is 5.92 Å². The summed E-state index contributed by atoms with van der Waals surface area (Å²) in [5.74, 6) is 1.65. The molecule has 1 aromatic rings. The molecular formula is C15H22OZn. The van der Waals surface area contributed by atoms with Crippen LogP contribution in [0.5, 0.6) is 5.75 Å². The summed E-state index contributed by atoms with van der Waals surface area (Å²) in [5.41, 5.74) is 1.35. The van der Waals surface area contributed by atoms with E-state index in [9.17, 15) is 0 Å². The quantitative estimate of drug-likeness (QED) is 0.577. The van der Waals surface area contributed by atoms with Crippen molar-refractivity contribution in [3.63, 3.8) is 0 Å². The topological polar surface area (TPSA) is 9.23 Å². The molecule has 0 radical (unpaired) electrons. The molecule has 0 spiro atoms. The van der Waals surface area contributed by atoms with Crippen LogP contribution in [-0.4, -0.2) is 7.11 Å². The van der Waals surface area contributed by atoms with E-state index in [4.69, 9.17) is 4.74 Å². The third-order valence-corrected chi connectivity index (χ3v) is 2.71. The van der Waals surface area contributed by atoms with Crippen LogP contribution in [0.15, 0.2) is 24.3 Å². The second kappa shape index (κ2) is 9.65. The zero-order valence-electron chi connectivity index (χ0n) is 11.3. The first-order chi connectivity index (χ1) is 7.83. The molecule has 0 unspecified atom stereocenters. The first kappa shape index (κ1) is 16.6. The minimum absolute atomic E-state index is 0. The van der Waals surface area contributed by atoms with Crippen LogP contribution >= 0.6 is 0 Å². The van der Waals surface area contributed by atoms with Crippen molar-refractivity contribution in [1.82, 2.24) is 0 Å². The van der Waals surface area contributed by atoms with Gasteiger partial charge in [0.05, 0.1) is 7.11 Å². The van der Waals surface area contributed by atoms with Gasteiger partial charge in [-0.2, -0.15) is 20.3 Å². The standard InChI is InChI=1S/C12H15O.C3H7.Zn/c1-13-12-9-5-4-8-11(12)10-6-2-3-7-10;1-3-2;/h4-6,8-10H,2-3,7H2,1H3;3H,1-2H3;/q2*-1;+2/t10-;;/m0../s1. The fourth-order valence-corrected chi connectivity index (χ4v) is 2.03. The first-order valence-corrected chi connectivity index (χ1v) is 6.03. The fourth-order valence-electron chi connectivity index (χ4n) is 2.03. The molecule has 1 aliphatic carbocycles. The Labute approximate surface area is 119 Å². The van der Waals surface area contributed by atoms with E-state index < -0.39 is 0 Å². The average Bonchev–Trinajstić information content (AvgIpc) is 2.83. The number of hydrogen-bond donors (Lipinski definition) is 0. The third-order valence-electron chi connectivity index (χ3n) is 2.71. The van der Waals surface area contributed by atoms with Gasteiger partial charge in [0.1, 0.15) is 5.75 Å². The maximum absolute atomic E-state index is 5.34. The van der Waals surface area contributed by atoms with Gasteiger partial charge in [0, 0.05) is 0 Å². The Morgan fingerprint density at radius 2 is 1.94 bits per heavy atom. The molecule has 1 atom stereocenters. The zero-order chi connectivity index (χ0) is 11.8. The van der Waals surface area contributed by atoms with E-state index in [0.29, 0.717) is 5.92 Å². The summed E-state index contributed by atoms with van der Waals surface area (Å²) in [6.07, 6.45) is 8.25. The van der Waals surface area contributed by atoms with Crippen LogP contribution in [-0.2, 0) is 19.5 Å². The van der Waals surface area contributed by atoms with Gasteiger partial charge in [-0.25, -0.2) is 0 Å². The van der Waals surface area contributed by atoms with Crippen LogP contribution in [0.3, 0.4) is 0 Å². The van der Waals surface area contributed by atoms with Crippen molar-refractivity contribution in [3.05, 3.63) is 42.7 Å². The van der Waals surface area contributed by atoms with E-state index in [-0.39, 0.29) is 19.5 Å². The summed E-state index contributed by atoms with van der Waals surface area (Å²) < 4.78 is 5.34. The smallest absolute Gasteiger partial charge is 0.497 e. The molecule has 2 rings (SSSR count). The maximum atomic E-state index is 5.34. The minimum Gasteiger partial charge on any atom is -0.497 e. The van der Waals surface area contributed by atoms with Gasteiger partial charge >= 0.3 is 19.5 Å². The molecular weight excluding hydrogens is 262 g/mol. The average molecular weight is 284 g/mol. The van der Waals surface area contributed by atoms with E-state index in [1.54, 1.807) is 7.11 Å². The fraction of sp³-hybridized carbons (Fsp3) is 0.467. The Bertz CT molecular complexity index is 293. The van der Waals surface area contributed by atoms with Gasteiger partial charge in [-0.3, -0.25) is 0 Å². The predicted molar refractivity (Wildman–Crippen MR) is 69.5 cm³/mol. The molecule has 17 heavy (non-hydrogen) atoms. The first-order valence-electron chi connectivity index (χ1n) is 6.03. The molecule has 0 heterocycles. The van der Waals surface area contributed by atoms with E-state index in [1.165, 1.54) is 24.8 Å². The number of benzene rings is 1. The van der Waals surface area contributed by atoms with Crippen molar-refractivity contribution in [3.8, 4) is 5.75 Å². The molecule has 0 aliphatic heterocycles. The van der Waals surface area contributed by atoms with Crippen LogP contribution in [0, 0.1) is 12.8 Å². The maximum Gasteiger partial charge on any atom is 2.00 e. The largest absolute Gasteiger partial charge is 2.00 e. The molecule has 1 nitrogen and oxygen atoms in total. The number of ether oxygens (including phenoxy) is 1. The third kappa shape index (κ3) is 5.21. The number of hydrogen-bond acceptors (Lipinski definition) is 1. The van der Waals surface area contributed by atoms with Crippen LogP contribution in [0.2, 0.25) is 0 Å². The van der Waals surface area contributed by atoms with E-state index >= 15 is 0 Å². The summed E-state index contributed by atoms with van der Waals surface area (Å²) in [6.45, 7) is 4.00. The van der Waals surface area contributed by atoms with E-state index in [2.05, 4.69) is 18.6 Å². The molecule has 0 saturated heterocycles. The molecule has 90 valence electrons. The Hall–Kier alpha value is -0.357. The Balaban J connectivity index is 0.000000583. The van der Waals surface area contributed by atoms with Crippen LogP contribution in [0.4, 0.5) is 0 Å². The molecule has 0 bridgehead atoms. The van der Waals surface area contributed by atoms with Gasteiger partial charge in [0.15, 0.2) is 0 Å². The molecule has 0 amide bonds. The zero-order valence-corrected chi connectivity index (χ0v) is 14.2. The van der Waals surface area contributed by atoms with Gasteiger partial charge in [0.2, 0.25) is 0 Å². The van der Waals surface area contributed by atoms with Crippen molar-refractivity contribution in [1.29, 1.82) is 0 Å². The molecule has 2 heteroatoms. The number of methoxy groups -OCH3 is 1. The molecule has 1 aromatic carbocycles. The van der Waals surface area contributed by atoms with Crippen molar-refractivity contribution >= 4 is 0 Å². The number of para-hydroxylation sites is 1. The summed E-state index contributed by atoms with van der Waals surface area (Å²) >= 11 is 0. The van der Waals surface area contributed by atoms with Crippen molar-refractivity contribution in [2.24, 2.45) is 0 Å². The summed E-state index contributed by atoms with van der Waals surface area (Å²) in [6, 6.07) is 8.33. The van der Waals surface area contributed by atoms with Crippen LogP contribution < -0.4 is 4.74 Å². The SMILES string of the molecule is COc1ccccc1[C@H]1[CH-]CCC1.C[CH-]C.[Zn+2]. The van der Waals surface area contributed by atoms with E-state index in [0.717, 1.165) is 5.75 Å². The van der Waals surface area contributed by atoms with Crippen molar-refractivity contribution < 1.29 is 24.2 Å². The summed E-state index contributed by atoms with van der Waals surface area (Å²) in [4.78, 5) is 0. The Morgan fingerprint density at radius 1 is 1.29 bits per heavy atom. The van der Waals surface area contributed by atoms with Crippen LogP contribution in [0.25, 0.3) is 0 Å². The Morgan fingerprint density at radius 3 is 2.47 bits per heavy atom. The monoisotopic (exact) mass is 282 g/mol. The second-order valence-corrected chi connectivity index (χ2v) is 4.09. The van der Waals surface area contributed by atoms with Crippen LogP contribution in [0.1, 0.15) is 44.6 Å². The number of rotatable bonds is 2. The molecule has 1 saturated carbocycles. The molecule has 1 fully saturated rings. The normalized spacial score (nSPS) is 17.7. The summed E-state index contributed by atoms with van der Waals surface area (Å²) in [7, 11) is 1.74. The van der Waals surface area contributed by atoms with Gasteiger partial charge in [-0.05, 0) is 11.6 Å². The molecule has 0 N–H and O–H groups in total. The van der Waals surface area contributed by atoms with Gasteiger partial charge in [0.25, 0.3) is 0 Å². The molecule has 1 aliphatic rings. The van der Waals surface area contributed by atoms with Gasteiger partial charge in [-0.1, -0.05) is 31.0 Å². The van der Waals surface area contributed by atoms with Crippen molar-refractivity contribution in [2.45, 2.75) is 39.0 Å². The Kier molecular flexibility index (Phi) is 9.45. The summed E-state index contributed by atoms with van der Waals surface area (Å²) in [5, 5.41) is 0. The molecule has 0 aromatic heterocycles. The predicted octanol–water partition coefficient (Wildman–Crippen LogP) is 4.39. The minimum atomic E-state index is 0. The van der Waals surface area contributed by atoms with Crippen molar-refractivity contribution in [2.75, 3.05) is 7.11 Å².